The Morgan fingerprint density at radius 3 is 2.50 bits per heavy atom. The van der Waals surface area contributed by atoms with Crippen LogP contribution in [-0.4, -0.2) is 62.2 Å². The third-order valence-corrected chi connectivity index (χ3v) is 3.09. The molecule has 0 aromatic heterocycles. The number of piperazine rings is 1. The summed E-state index contributed by atoms with van der Waals surface area (Å²) in [7, 11) is 2.21. The normalized spacial score (nSPS) is 34.2. The average Bonchev–Trinajstić information content (AvgIpc) is 2.58. The number of likely N-dealkylation sites (N-methyl/N-ethyl adjacent to an activating group) is 1. The second kappa shape index (κ2) is 3.73. The van der Waals surface area contributed by atoms with Gasteiger partial charge in [0.1, 0.15) is 0 Å². The standard InChI is InChI=1S/C9H19N3/c1-11-4-6-12(7-5-11)9-2-3-10-8-9/h9-10H,2-8H2,1H3. The summed E-state index contributed by atoms with van der Waals surface area (Å²) < 4.78 is 0. The second-order valence-electron chi connectivity index (χ2n) is 3.99. The van der Waals surface area contributed by atoms with Crippen LogP contribution in [0.4, 0.5) is 0 Å². The summed E-state index contributed by atoms with van der Waals surface area (Å²) in [6.07, 6.45) is 1.35. The molecule has 70 valence electrons. The van der Waals surface area contributed by atoms with Crippen LogP contribution in [0.1, 0.15) is 6.42 Å². The number of rotatable bonds is 1. The van der Waals surface area contributed by atoms with Crippen LogP contribution in [0.2, 0.25) is 0 Å². The van der Waals surface area contributed by atoms with E-state index < -0.39 is 0 Å². The summed E-state index contributed by atoms with van der Waals surface area (Å²) in [5, 5.41) is 3.43. The zero-order valence-corrected chi connectivity index (χ0v) is 7.92. The predicted octanol–water partition coefficient (Wildman–Crippen LogP) is -0.404. The van der Waals surface area contributed by atoms with E-state index in [4.69, 9.17) is 0 Å². The van der Waals surface area contributed by atoms with Crippen molar-refractivity contribution >= 4 is 0 Å². The van der Waals surface area contributed by atoms with Gasteiger partial charge in [-0.2, -0.15) is 0 Å². The lowest BCUT2D eigenvalue weighted by atomic mass is 10.2. The van der Waals surface area contributed by atoms with E-state index in [0.717, 1.165) is 6.04 Å². The van der Waals surface area contributed by atoms with Gasteiger partial charge in [-0.25, -0.2) is 0 Å². The van der Waals surface area contributed by atoms with Crippen LogP contribution in [0.25, 0.3) is 0 Å². The highest BCUT2D eigenvalue weighted by atomic mass is 15.3. The maximum Gasteiger partial charge on any atom is 0.0233 e. The minimum absolute atomic E-state index is 0.832. The van der Waals surface area contributed by atoms with E-state index >= 15 is 0 Å². The molecular weight excluding hydrogens is 150 g/mol. The molecule has 2 aliphatic rings. The van der Waals surface area contributed by atoms with E-state index in [1.54, 1.807) is 0 Å². The summed E-state index contributed by atoms with van der Waals surface area (Å²) in [5.41, 5.74) is 0. The van der Waals surface area contributed by atoms with Crippen molar-refractivity contribution in [1.82, 2.24) is 15.1 Å². The Hall–Kier alpha value is -0.120. The van der Waals surface area contributed by atoms with Crippen molar-refractivity contribution in [2.45, 2.75) is 12.5 Å². The molecule has 0 aromatic rings. The average molecular weight is 169 g/mol. The van der Waals surface area contributed by atoms with Crippen molar-refractivity contribution in [3.8, 4) is 0 Å². The van der Waals surface area contributed by atoms with Gasteiger partial charge in [-0.15, -0.1) is 0 Å². The lowest BCUT2D eigenvalue weighted by Crippen LogP contribution is -2.49. The largest absolute Gasteiger partial charge is 0.315 e. The van der Waals surface area contributed by atoms with Gasteiger partial charge in [-0.1, -0.05) is 0 Å². The Morgan fingerprint density at radius 2 is 1.92 bits per heavy atom. The van der Waals surface area contributed by atoms with Crippen LogP contribution in [0.15, 0.2) is 0 Å². The van der Waals surface area contributed by atoms with Crippen LogP contribution in [0, 0.1) is 0 Å². The third kappa shape index (κ3) is 1.79. The molecule has 12 heavy (non-hydrogen) atoms. The molecule has 2 saturated heterocycles. The molecule has 0 radical (unpaired) electrons. The van der Waals surface area contributed by atoms with E-state index in [9.17, 15) is 0 Å². The Morgan fingerprint density at radius 1 is 1.17 bits per heavy atom. The molecule has 1 unspecified atom stereocenters. The molecule has 2 heterocycles. The summed E-state index contributed by atoms with van der Waals surface area (Å²) >= 11 is 0. The van der Waals surface area contributed by atoms with E-state index in [1.165, 1.54) is 45.7 Å². The molecule has 1 N–H and O–H groups in total. The molecule has 0 aromatic carbocycles. The summed E-state index contributed by atoms with van der Waals surface area (Å²) in [4.78, 5) is 5.05. The van der Waals surface area contributed by atoms with Crippen LogP contribution in [-0.2, 0) is 0 Å². The van der Waals surface area contributed by atoms with E-state index in [2.05, 4.69) is 22.2 Å². The molecule has 3 nitrogen and oxygen atoms in total. The molecule has 2 aliphatic heterocycles. The van der Waals surface area contributed by atoms with Crippen molar-refractivity contribution in [2.75, 3.05) is 46.3 Å². The Labute approximate surface area is 74.7 Å². The van der Waals surface area contributed by atoms with Gasteiger partial charge in [-0.3, -0.25) is 4.90 Å². The molecule has 0 amide bonds. The Bertz CT molecular complexity index is 135. The van der Waals surface area contributed by atoms with Crippen molar-refractivity contribution in [1.29, 1.82) is 0 Å². The van der Waals surface area contributed by atoms with Crippen molar-refractivity contribution in [3.05, 3.63) is 0 Å². The van der Waals surface area contributed by atoms with Gasteiger partial charge in [0, 0.05) is 38.8 Å². The number of hydrogen-bond donors (Lipinski definition) is 1. The highest BCUT2D eigenvalue weighted by Gasteiger charge is 2.24. The zero-order chi connectivity index (χ0) is 8.39. The van der Waals surface area contributed by atoms with E-state index in [0.29, 0.717) is 0 Å². The third-order valence-electron chi connectivity index (χ3n) is 3.09. The van der Waals surface area contributed by atoms with Crippen LogP contribution in [0.3, 0.4) is 0 Å². The zero-order valence-electron chi connectivity index (χ0n) is 7.92. The smallest absolute Gasteiger partial charge is 0.0233 e. The van der Waals surface area contributed by atoms with Crippen LogP contribution < -0.4 is 5.32 Å². The lowest BCUT2D eigenvalue weighted by Gasteiger charge is -2.36. The van der Waals surface area contributed by atoms with Gasteiger partial charge in [0.25, 0.3) is 0 Å². The first-order valence-corrected chi connectivity index (χ1v) is 4.99. The van der Waals surface area contributed by atoms with E-state index in [-0.39, 0.29) is 0 Å². The van der Waals surface area contributed by atoms with Gasteiger partial charge in [-0.05, 0) is 20.0 Å². The first-order chi connectivity index (χ1) is 5.86. The van der Waals surface area contributed by atoms with Gasteiger partial charge in [0.05, 0.1) is 0 Å². The monoisotopic (exact) mass is 169 g/mol. The van der Waals surface area contributed by atoms with Crippen molar-refractivity contribution in [3.63, 3.8) is 0 Å². The quantitative estimate of drug-likeness (QED) is 0.576. The van der Waals surface area contributed by atoms with Crippen LogP contribution >= 0.6 is 0 Å². The van der Waals surface area contributed by atoms with E-state index in [1.807, 2.05) is 0 Å². The van der Waals surface area contributed by atoms with Gasteiger partial charge in [0.15, 0.2) is 0 Å². The van der Waals surface area contributed by atoms with Crippen molar-refractivity contribution < 1.29 is 0 Å². The Balaban J connectivity index is 1.80. The summed E-state index contributed by atoms with van der Waals surface area (Å²) in [6, 6.07) is 0.832. The molecule has 2 rings (SSSR count). The molecule has 0 bridgehead atoms. The number of hydrogen-bond acceptors (Lipinski definition) is 3. The fourth-order valence-corrected chi connectivity index (χ4v) is 2.14. The molecule has 3 heteroatoms. The lowest BCUT2D eigenvalue weighted by molar-refractivity contribution is 0.119. The van der Waals surface area contributed by atoms with Crippen molar-refractivity contribution in [2.24, 2.45) is 0 Å². The minimum atomic E-state index is 0.832. The van der Waals surface area contributed by atoms with Gasteiger partial charge >= 0.3 is 0 Å². The van der Waals surface area contributed by atoms with Gasteiger partial charge < -0.3 is 10.2 Å². The summed E-state index contributed by atoms with van der Waals surface area (Å²) in [5.74, 6) is 0. The fraction of sp³-hybridized carbons (Fsp3) is 1.00. The maximum absolute atomic E-state index is 3.43. The maximum atomic E-state index is 3.43. The second-order valence-corrected chi connectivity index (χ2v) is 3.99. The first-order valence-electron chi connectivity index (χ1n) is 4.99. The SMILES string of the molecule is CN1CCN(C2CCNC2)CC1. The molecule has 1 atom stereocenters. The first kappa shape index (κ1) is 8.48. The molecule has 0 saturated carbocycles. The minimum Gasteiger partial charge on any atom is -0.315 e. The molecule has 0 aliphatic carbocycles. The topological polar surface area (TPSA) is 18.5 Å². The Kier molecular flexibility index (Phi) is 2.63. The predicted molar refractivity (Wildman–Crippen MR) is 50.3 cm³/mol. The molecular formula is C9H19N3. The van der Waals surface area contributed by atoms with Gasteiger partial charge in [0.2, 0.25) is 0 Å². The summed E-state index contributed by atoms with van der Waals surface area (Å²) in [6.45, 7) is 7.46. The highest BCUT2D eigenvalue weighted by Crippen LogP contribution is 2.10. The fourth-order valence-electron chi connectivity index (χ4n) is 2.14. The molecule has 0 spiro atoms. The number of nitrogens with one attached hydrogen (secondary N) is 1. The van der Waals surface area contributed by atoms with Crippen LogP contribution in [0.5, 0.6) is 0 Å². The number of nitrogens with zero attached hydrogens (tertiary/aromatic N) is 2. The molecule has 2 fully saturated rings. The highest BCUT2D eigenvalue weighted by molar-refractivity contribution is 4.83.